The van der Waals surface area contributed by atoms with E-state index in [1.807, 2.05) is 11.5 Å². The molecular formula is C10H13ClN2O2. The summed E-state index contributed by atoms with van der Waals surface area (Å²) in [4.78, 5) is 15.3. The Morgan fingerprint density at radius 1 is 1.73 bits per heavy atom. The molecule has 1 unspecified atom stereocenters. The van der Waals surface area contributed by atoms with Gasteiger partial charge in [-0.25, -0.2) is 4.98 Å². The first-order valence-corrected chi connectivity index (χ1v) is 5.50. The third-order valence-corrected chi connectivity index (χ3v) is 3.14. The lowest BCUT2D eigenvalue weighted by Crippen LogP contribution is -2.22. The van der Waals surface area contributed by atoms with Gasteiger partial charge in [-0.3, -0.25) is 4.79 Å². The Morgan fingerprint density at radius 2 is 2.47 bits per heavy atom. The highest BCUT2D eigenvalue weighted by molar-refractivity contribution is 6.30. The number of hydrogen-bond donors (Lipinski definition) is 1. The number of aliphatic carboxylic acids is 1. The summed E-state index contributed by atoms with van der Waals surface area (Å²) in [6.45, 7) is 2.83. The maximum atomic E-state index is 11.1. The minimum atomic E-state index is -0.805. The van der Waals surface area contributed by atoms with Gasteiger partial charge in [0.05, 0.1) is 5.69 Å². The molecular weight excluding hydrogens is 216 g/mol. The van der Waals surface area contributed by atoms with Gasteiger partial charge in [0.15, 0.2) is 5.15 Å². The molecule has 0 bridgehead atoms. The molecule has 1 N–H and O–H groups in total. The van der Waals surface area contributed by atoms with Crippen molar-refractivity contribution < 1.29 is 9.90 Å². The van der Waals surface area contributed by atoms with E-state index < -0.39 is 11.9 Å². The number of carboxylic acids is 1. The molecule has 5 heteroatoms. The quantitative estimate of drug-likeness (QED) is 0.843. The average molecular weight is 229 g/mol. The number of fused-ring (bicyclic) bond motifs is 1. The van der Waals surface area contributed by atoms with E-state index in [9.17, 15) is 4.79 Å². The van der Waals surface area contributed by atoms with Gasteiger partial charge in [-0.15, -0.1) is 0 Å². The minimum Gasteiger partial charge on any atom is -0.481 e. The number of hydrogen-bond acceptors (Lipinski definition) is 2. The Hall–Kier alpha value is -1.03. The van der Waals surface area contributed by atoms with E-state index in [4.69, 9.17) is 16.7 Å². The van der Waals surface area contributed by atoms with Crippen LogP contribution in [0.3, 0.4) is 0 Å². The van der Waals surface area contributed by atoms with Crippen molar-refractivity contribution in [2.75, 3.05) is 0 Å². The normalized spacial score (nSPS) is 20.0. The van der Waals surface area contributed by atoms with E-state index in [0.29, 0.717) is 17.3 Å². The fraction of sp³-hybridized carbons (Fsp3) is 0.600. The van der Waals surface area contributed by atoms with Gasteiger partial charge in [0.25, 0.3) is 0 Å². The maximum Gasteiger partial charge on any atom is 0.312 e. The molecule has 0 aliphatic carbocycles. The first-order valence-electron chi connectivity index (χ1n) is 5.12. The van der Waals surface area contributed by atoms with E-state index in [0.717, 1.165) is 25.2 Å². The van der Waals surface area contributed by atoms with E-state index in [1.165, 1.54) is 0 Å². The smallest absolute Gasteiger partial charge is 0.312 e. The molecule has 0 saturated carbocycles. The van der Waals surface area contributed by atoms with Gasteiger partial charge in [-0.2, -0.15) is 0 Å². The topological polar surface area (TPSA) is 55.1 Å². The van der Waals surface area contributed by atoms with Crippen molar-refractivity contribution in [2.45, 2.75) is 38.6 Å². The van der Waals surface area contributed by atoms with Crippen molar-refractivity contribution in [3.8, 4) is 0 Å². The van der Waals surface area contributed by atoms with Crippen LogP contribution in [0.1, 0.15) is 37.2 Å². The summed E-state index contributed by atoms with van der Waals surface area (Å²) in [5.41, 5.74) is 0.687. The first-order chi connectivity index (χ1) is 7.15. The fourth-order valence-electron chi connectivity index (χ4n) is 2.16. The molecule has 2 rings (SSSR count). The van der Waals surface area contributed by atoms with Gasteiger partial charge in [-0.1, -0.05) is 18.5 Å². The molecule has 4 nitrogen and oxygen atoms in total. The Bertz CT molecular complexity index is 400. The molecule has 1 aliphatic heterocycles. The number of halogens is 1. The second-order valence-electron chi connectivity index (χ2n) is 3.74. The number of nitrogens with zero attached hydrogens (tertiary/aromatic N) is 2. The predicted octanol–water partition coefficient (Wildman–Crippen LogP) is 2.06. The van der Waals surface area contributed by atoms with Crippen LogP contribution >= 0.6 is 11.6 Å². The first kappa shape index (κ1) is 10.5. The van der Waals surface area contributed by atoms with E-state index in [2.05, 4.69) is 4.98 Å². The second kappa shape index (κ2) is 3.85. The van der Waals surface area contributed by atoms with Crippen LogP contribution < -0.4 is 0 Å². The Balaban J connectivity index is 2.51. The van der Waals surface area contributed by atoms with Gasteiger partial charge in [0.2, 0.25) is 0 Å². The van der Waals surface area contributed by atoms with Crippen LogP contribution in [0.15, 0.2) is 0 Å². The molecule has 1 atom stereocenters. The molecule has 0 fully saturated rings. The molecule has 0 amide bonds. The molecule has 82 valence electrons. The van der Waals surface area contributed by atoms with Crippen LogP contribution in [0.5, 0.6) is 0 Å². The van der Waals surface area contributed by atoms with Crippen LogP contribution in [0.2, 0.25) is 5.15 Å². The number of rotatable bonds is 2. The van der Waals surface area contributed by atoms with Crippen LogP contribution in [0, 0.1) is 0 Å². The van der Waals surface area contributed by atoms with Crippen molar-refractivity contribution in [3.63, 3.8) is 0 Å². The number of carbonyl (C=O) groups is 1. The Morgan fingerprint density at radius 3 is 3.07 bits per heavy atom. The molecule has 1 aliphatic rings. The van der Waals surface area contributed by atoms with E-state index in [-0.39, 0.29) is 0 Å². The van der Waals surface area contributed by atoms with Crippen molar-refractivity contribution in [3.05, 3.63) is 16.7 Å². The van der Waals surface area contributed by atoms with Gasteiger partial charge < -0.3 is 9.67 Å². The molecule has 0 aromatic carbocycles. The zero-order chi connectivity index (χ0) is 11.0. The van der Waals surface area contributed by atoms with Gasteiger partial charge >= 0.3 is 5.97 Å². The summed E-state index contributed by atoms with van der Waals surface area (Å²) in [7, 11) is 0. The second-order valence-corrected chi connectivity index (χ2v) is 4.10. The van der Waals surface area contributed by atoms with Gasteiger partial charge in [0, 0.05) is 13.0 Å². The van der Waals surface area contributed by atoms with Crippen molar-refractivity contribution in [1.82, 2.24) is 9.55 Å². The van der Waals surface area contributed by atoms with Crippen LogP contribution in [0.25, 0.3) is 0 Å². The highest BCUT2D eigenvalue weighted by Crippen LogP contribution is 2.33. The lowest BCUT2D eigenvalue weighted by molar-refractivity contribution is -0.139. The van der Waals surface area contributed by atoms with E-state index >= 15 is 0 Å². The van der Waals surface area contributed by atoms with Crippen LogP contribution in [-0.4, -0.2) is 20.6 Å². The van der Waals surface area contributed by atoms with Gasteiger partial charge in [-0.05, 0) is 12.8 Å². The largest absolute Gasteiger partial charge is 0.481 e. The lowest BCUT2D eigenvalue weighted by atomic mass is 9.96. The average Bonchev–Trinajstić information content (AvgIpc) is 2.55. The summed E-state index contributed by atoms with van der Waals surface area (Å²) in [5, 5.41) is 9.45. The van der Waals surface area contributed by atoms with E-state index in [1.54, 1.807) is 0 Å². The number of aromatic nitrogens is 2. The molecule has 2 heterocycles. The Labute approximate surface area is 92.9 Å². The highest BCUT2D eigenvalue weighted by Gasteiger charge is 2.31. The van der Waals surface area contributed by atoms with Crippen molar-refractivity contribution in [1.29, 1.82) is 0 Å². The number of carboxylic acid groups (broad SMARTS) is 1. The monoisotopic (exact) mass is 228 g/mol. The predicted molar refractivity (Wildman–Crippen MR) is 56.2 cm³/mol. The van der Waals surface area contributed by atoms with Crippen molar-refractivity contribution >= 4 is 17.6 Å². The standard InChI is InChI=1S/C10H13ClN2O2/c1-2-7-12-9(11)8-6(10(14)15)4-3-5-13(7)8/h6H,2-5H2,1H3,(H,14,15). The lowest BCUT2D eigenvalue weighted by Gasteiger charge is -2.22. The summed E-state index contributed by atoms with van der Waals surface area (Å²) >= 11 is 5.99. The zero-order valence-electron chi connectivity index (χ0n) is 8.53. The summed E-state index contributed by atoms with van der Waals surface area (Å²) in [5.74, 6) is -0.402. The molecule has 0 saturated heterocycles. The maximum absolute atomic E-state index is 11.1. The molecule has 1 aromatic heterocycles. The number of aryl methyl sites for hydroxylation is 1. The third kappa shape index (κ3) is 1.63. The van der Waals surface area contributed by atoms with Crippen LogP contribution in [0.4, 0.5) is 0 Å². The fourth-order valence-corrected chi connectivity index (χ4v) is 2.49. The summed E-state index contributed by atoms with van der Waals surface area (Å²) in [6, 6.07) is 0. The third-order valence-electron chi connectivity index (χ3n) is 2.86. The summed E-state index contributed by atoms with van der Waals surface area (Å²) in [6.07, 6.45) is 2.32. The van der Waals surface area contributed by atoms with Crippen LogP contribution in [-0.2, 0) is 17.8 Å². The highest BCUT2D eigenvalue weighted by atomic mass is 35.5. The molecule has 1 aromatic rings. The Kier molecular flexibility index (Phi) is 2.69. The molecule has 15 heavy (non-hydrogen) atoms. The molecule has 0 spiro atoms. The molecule has 0 radical (unpaired) electrons. The zero-order valence-corrected chi connectivity index (χ0v) is 9.29. The minimum absolute atomic E-state index is 0.360. The number of imidazole rings is 1. The summed E-state index contributed by atoms with van der Waals surface area (Å²) < 4.78 is 1.96. The van der Waals surface area contributed by atoms with Crippen molar-refractivity contribution in [2.24, 2.45) is 0 Å². The SMILES string of the molecule is CCc1nc(Cl)c2n1CCCC2C(=O)O. The van der Waals surface area contributed by atoms with Gasteiger partial charge in [0.1, 0.15) is 11.7 Å².